The summed E-state index contributed by atoms with van der Waals surface area (Å²) in [5, 5.41) is 12.8. The van der Waals surface area contributed by atoms with Gasteiger partial charge in [-0.15, -0.1) is 0 Å². The van der Waals surface area contributed by atoms with Gasteiger partial charge in [-0.1, -0.05) is 57.5 Å². The summed E-state index contributed by atoms with van der Waals surface area (Å²) in [4.78, 5) is 13.7. The maximum atomic E-state index is 13.7. The van der Waals surface area contributed by atoms with Gasteiger partial charge in [0.15, 0.2) is 0 Å². The minimum absolute atomic E-state index is 0.0204. The van der Waals surface area contributed by atoms with E-state index in [0.29, 0.717) is 45.9 Å². The largest absolute Gasteiger partial charge is 0.507 e. The zero-order chi connectivity index (χ0) is 24.4. The van der Waals surface area contributed by atoms with E-state index in [4.69, 9.17) is 14.2 Å². The van der Waals surface area contributed by atoms with Crippen molar-refractivity contribution in [2.75, 3.05) is 14.2 Å². The van der Waals surface area contributed by atoms with Crippen molar-refractivity contribution >= 4 is 16.7 Å². The fraction of sp³-hybridized carbons (Fsp3) is 0.414. The molecular weight excluding hydrogens is 428 g/mol. The Hall–Kier alpha value is -3.21. The number of hydrogen-bond donors (Lipinski definition) is 1. The molecule has 5 heteroatoms. The van der Waals surface area contributed by atoms with Gasteiger partial charge in [0.1, 0.15) is 23.4 Å². The molecule has 1 fully saturated rings. The molecule has 1 N–H and O–H groups in total. The van der Waals surface area contributed by atoms with Gasteiger partial charge in [-0.25, -0.2) is 4.79 Å². The van der Waals surface area contributed by atoms with Gasteiger partial charge in [0.25, 0.3) is 0 Å². The Morgan fingerprint density at radius 3 is 2.47 bits per heavy atom. The van der Waals surface area contributed by atoms with E-state index >= 15 is 0 Å². The molecule has 0 aromatic heterocycles. The first-order valence-corrected chi connectivity index (χ1v) is 12.0. The molecule has 0 unspecified atom stereocenters. The van der Waals surface area contributed by atoms with Crippen LogP contribution in [0.1, 0.15) is 50.4 Å². The molecule has 0 amide bonds. The van der Waals surface area contributed by atoms with Crippen molar-refractivity contribution in [1.82, 2.24) is 0 Å². The molecule has 1 saturated carbocycles. The minimum atomic E-state index is -0.372. The zero-order valence-corrected chi connectivity index (χ0v) is 20.6. The van der Waals surface area contributed by atoms with Crippen LogP contribution in [0.3, 0.4) is 0 Å². The van der Waals surface area contributed by atoms with Crippen LogP contribution >= 0.6 is 0 Å². The summed E-state index contributed by atoms with van der Waals surface area (Å²) in [6.45, 7) is 6.62. The third-order valence-electron chi connectivity index (χ3n) is 7.13. The Morgan fingerprint density at radius 2 is 1.76 bits per heavy atom. The topological polar surface area (TPSA) is 65.0 Å². The lowest BCUT2D eigenvalue weighted by atomic mass is 9.75. The number of carbonyl (C=O) groups excluding carboxylic acids is 1. The third kappa shape index (κ3) is 4.56. The van der Waals surface area contributed by atoms with E-state index in [0.717, 1.165) is 30.0 Å². The van der Waals surface area contributed by atoms with Crippen molar-refractivity contribution in [3.63, 3.8) is 0 Å². The molecule has 0 heterocycles. The summed E-state index contributed by atoms with van der Waals surface area (Å²) in [6, 6.07) is 14.8. The Kier molecular flexibility index (Phi) is 7.01. The quantitative estimate of drug-likeness (QED) is 0.406. The smallest absolute Gasteiger partial charge is 0.339 e. The number of methoxy groups -OCH3 is 2. The van der Waals surface area contributed by atoms with Crippen molar-refractivity contribution in [3.05, 3.63) is 54.1 Å². The van der Waals surface area contributed by atoms with E-state index in [1.165, 1.54) is 20.3 Å². The van der Waals surface area contributed by atoms with E-state index < -0.39 is 0 Å². The van der Waals surface area contributed by atoms with Crippen molar-refractivity contribution in [2.24, 2.45) is 17.8 Å². The van der Waals surface area contributed by atoms with Crippen molar-refractivity contribution in [1.29, 1.82) is 0 Å². The molecule has 3 aromatic rings. The van der Waals surface area contributed by atoms with Crippen LogP contribution in [0.25, 0.3) is 21.9 Å². The van der Waals surface area contributed by atoms with Crippen LogP contribution in [0, 0.1) is 17.8 Å². The number of hydrogen-bond acceptors (Lipinski definition) is 5. The van der Waals surface area contributed by atoms with Crippen molar-refractivity contribution in [3.8, 4) is 28.4 Å². The van der Waals surface area contributed by atoms with Crippen LogP contribution in [0.4, 0.5) is 0 Å². The molecule has 3 atom stereocenters. The number of aromatic hydroxyl groups is 1. The fourth-order valence-corrected chi connectivity index (χ4v) is 5.27. The molecule has 34 heavy (non-hydrogen) atoms. The average molecular weight is 463 g/mol. The first-order valence-electron chi connectivity index (χ1n) is 12.0. The molecule has 1 aliphatic rings. The molecule has 0 saturated heterocycles. The van der Waals surface area contributed by atoms with Gasteiger partial charge < -0.3 is 19.3 Å². The molecule has 0 aliphatic heterocycles. The number of rotatable bonds is 6. The van der Waals surface area contributed by atoms with Crippen LogP contribution in [0.15, 0.2) is 48.5 Å². The number of ether oxygens (including phenoxy) is 3. The third-order valence-corrected chi connectivity index (χ3v) is 7.13. The SMILES string of the molecule is COc1cc(O)c(-c2c(C(=O)O[C@H]3C[C@@H](C)CC[C@@H]3C(C)C)ccc3ccccc23)c(OC)c1. The summed E-state index contributed by atoms with van der Waals surface area (Å²) in [7, 11) is 3.07. The number of esters is 1. The van der Waals surface area contributed by atoms with Gasteiger partial charge >= 0.3 is 5.97 Å². The van der Waals surface area contributed by atoms with E-state index in [-0.39, 0.29) is 17.8 Å². The van der Waals surface area contributed by atoms with Gasteiger partial charge in [-0.05, 0) is 47.4 Å². The molecule has 180 valence electrons. The molecule has 0 radical (unpaired) electrons. The van der Waals surface area contributed by atoms with E-state index in [1.807, 2.05) is 30.3 Å². The first kappa shape index (κ1) is 23.9. The lowest BCUT2D eigenvalue weighted by molar-refractivity contribution is -0.0173. The van der Waals surface area contributed by atoms with Crippen LogP contribution in [-0.2, 0) is 4.74 Å². The highest BCUT2D eigenvalue weighted by Crippen LogP contribution is 2.46. The molecule has 0 spiro atoms. The highest BCUT2D eigenvalue weighted by molar-refractivity contribution is 6.10. The Morgan fingerprint density at radius 1 is 1.00 bits per heavy atom. The van der Waals surface area contributed by atoms with Gasteiger partial charge in [0.2, 0.25) is 0 Å². The van der Waals surface area contributed by atoms with Gasteiger partial charge in [-0.3, -0.25) is 0 Å². The van der Waals surface area contributed by atoms with E-state index in [1.54, 1.807) is 12.1 Å². The Bertz CT molecular complexity index is 1180. The monoisotopic (exact) mass is 462 g/mol. The number of benzene rings is 3. The number of carbonyl (C=O) groups is 1. The number of phenolic OH excluding ortho intramolecular Hbond substituents is 1. The predicted molar refractivity (Wildman–Crippen MR) is 135 cm³/mol. The molecule has 4 rings (SSSR count). The van der Waals surface area contributed by atoms with Crippen LogP contribution < -0.4 is 9.47 Å². The Labute approximate surface area is 201 Å². The predicted octanol–water partition coefficient (Wildman–Crippen LogP) is 6.85. The first-order chi connectivity index (χ1) is 16.3. The van der Waals surface area contributed by atoms with E-state index in [9.17, 15) is 9.90 Å². The summed E-state index contributed by atoms with van der Waals surface area (Å²) in [6.07, 6.45) is 2.97. The normalized spacial score (nSPS) is 20.4. The zero-order valence-electron chi connectivity index (χ0n) is 20.6. The van der Waals surface area contributed by atoms with Gasteiger partial charge in [0, 0.05) is 17.7 Å². The molecular formula is C29H34O5. The second-order valence-electron chi connectivity index (χ2n) is 9.70. The van der Waals surface area contributed by atoms with E-state index in [2.05, 4.69) is 20.8 Å². The molecule has 1 aliphatic carbocycles. The fourth-order valence-electron chi connectivity index (χ4n) is 5.27. The highest BCUT2D eigenvalue weighted by Gasteiger charge is 2.34. The molecule has 0 bridgehead atoms. The van der Waals surface area contributed by atoms with Crippen LogP contribution in [0.2, 0.25) is 0 Å². The van der Waals surface area contributed by atoms with Crippen LogP contribution in [0.5, 0.6) is 17.2 Å². The highest BCUT2D eigenvalue weighted by atomic mass is 16.5. The summed E-state index contributed by atoms with van der Waals surface area (Å²) < 4.78 is 17.1. The minimum Gasteiger partial charge on any atom is -0.507 e. The van der Waals surface area contributed by atoms with Gasteiger partial charge in [-0.2, -0.15) is 0 Å². The lowest BCUT2D eigenvalue weighted by Crippen LogP contribution is -2.36. The van der Waals surface area contributed by atoms with Gasteiger partial charge in [0.05, 0.1) is 25.3 Å². The second-order valence-corrected chi connectivity index (χ2v) is 9.70. The lowest BCUT2D eigenvalue weighted by Gasteiger charge is -2.36. The summed E-state index contributed by atoms with van der Waals surface area (Å²) >= 11 is 0. The van der Waals surface area contributed by atoms with Crippen molar-refractivity contribution < 1.29 is 24.1 Å². The summed E-state index contributed by atoms with van der Waals surface area (Å²) in [5.41, 5.74) is 1.47. The Balaban J connectivity index is 1.85. The van der Waals surface area contributed by atoms with Crippen molar-refractivity contribution in [2.45, 2.75) is 46.1 Å². The van der Waals surface area contributed by atoms with Crippen LogP contribution in [-0.4, -0.2) is 31.4 Å². The number of phenols is 1. The standard InChI is InChI=1S/C29H34O5/c1-17(2)21-12-10-18(3)14-25(21)34-29(31)23-13-11-19-8-6-7-9-22(19)27(23)28-24(30)15-20(32-4)16-26(28)33-5/h6-9,11,13,15-18,21,25,30H,10,12,14H2,1-5H3/t18-,21+,25-/m0/s1. The summed E-state index contributed by atoms with van der Waals surface area (Å²) in [5.74, 6) is 1.80. The second kappa shape index (κ2) is 9.96. The molecule has 3 aromatic carbocycles. The maximum Gasteiger partial charge on any atom is 0.339 e. The number of fused-ring (bicyclic) bond motifs is 1. The maximum absolute atomic E-state index is 13.7. The molecule has 5 nitrogen and oxygen atoms in total. The average Bonchev–Trinajstić information content (AvgIpc) is 2.82.